The van der Waals surface area contributed by atoms with Crippen molar-refractivity contribution in [1.29, 1.82) is 0 Å². The lowest BCUT2D eigenvalue weighted by atomic mass is 9.84. The van der Waals surface area contributed by atoms with Gasteiger partial charge < -0.3 is 9.64 Å². The Morgan fingerprint density at radius 1 is 0.857 bits per heavy atom. The first-order chi connectivity index (χ1) is 13.2. The minimum Gasteiger partial charge on any atom is -0.451 e. The molecule has 0 atom stereocenters. The van der Waals surface area contributed by atoms with Crippen molar-refractivity contribution >= 4 is 17.1 Å². The minimum absolute atomic E-state index is 0.117. The lowest BCUT2D eigenvalue weighted by Gasteiger charge is -2.36. The molecular formula is C25H28N2O. The van der Waals surface area contributed by atoms with Gasteiger partial charge in [0.1, 0.15) is 0 Å². The van der Waals surface area contributed by atoms with Crippen LogP contribution in [-0.4, -0.2) is 4.98 Å². The van der Waals surface area contributed by atoms with Crippen LogP contribution in [0.4, 0.5) is 17.1 Å². The van der Waals surface area contributed by atoms with Gasteiger partial charge in [-0.25, -0.2) is 0 Å². The summed E-state index contributed by atoms with van der Waals surface area (Å²) in [4.78, 5) is 6.79. The summed E-state index contributed by atoms with van der Waals surface area (Å²) >= 11 is 0. The van der Waals surface area contributed by atoms with Crippen LogP contribution in [-0.2, 0) is 5.41 Å². The first-order valence-electron chi connectivity index (χ1n) is 9.83. The Morgan fingerprint density at radius 2 is 1.54 bits per heavy atom. The summed E-state index contributed by atoms with van der Waals surface area (Å²) in [6, 6.07) is 13.0. The topological polar surface area (TPSA) is 25.4 Å². The predicted molar refractivity (Wildman–Crippen MR) is 117 cm³/mol. The van der Waals surface area contributed by atoms with E-state index in [-0.39, 0.29) is 5.41 Å². The third-order valence-corrected chi connectivity index (χ3v) is 5.45. The van der Waals surface area contributed by atoms with E-state index >= 15 is 0 Å². The summed E-state index contributed by atoms with van der Waals surface area (Å²) in [6.07, 6.45) is 1.86. The number of rotatable bonds is 1. The lowest BCUT2D eigenvalue weighted by molar-refractivity contribution is 0.470. The molecule has 144 valence electrons. The molecule has 1 aliphatic heterocycles. The Kier molecular flexibility index (Phi) is 4.22. The van der Waals surface area contributed by atoms with Crippen LogP contribution in [0.3, 0.4) is 0 Å². The molecule has 1 aliphatic rings. The number of nitrogens with zero attached hydrogens (tertiary/aromatic N) is 2. The number of hydrogen-bond acceptors (Lipinski definition) is 3. The van der Waals surface area contributed by atoms with Crippen molar-refractivity contribution < 1.29 is 4.74 Å². The van der Waals surface area contributed by atoms with Gasteiger partial charge in [0.25, 0.3) is 0 Å². The number of fused-ring (bicyclic) bond motifs is 2. The number of ether oxygens (including phenoxy) is 1. The summed E-state index contributed by atoms with van der Waals surface area (Å²) < 4.78 is 6.27. The molecule has 0 radical (unpaired) electrons. The first-order valence-corrected chi connectivity index (χ1v) is 9.83. The number of benzene rings is 2. The number of pyridine rings is 1. The van der Waals surface area contributed by atoms with Gasteiger partial charge in [0.05, 0.1) is 22.8 Å². The van der Waals surface area contributed by atoms with E-state index in [1.165, 1.54) is 27.9 Å². The quantitative estimate of drug-likeness (QED) is 0.353. The minimum atomic E-state index is 0.117. The van der Waals surface area contributed by atoms with E-state index < -0.39 is 0 Å². The first kappa shape index (κ1) is 18.5. The molecule has 0 spiro atoms. The number of hydrogen-bond donors (Lipinski definition) is 0. The zero-order valence-corrected chi connectivity index (χ0v) is 17.8. The molecule has 2 aromatic carbocycles. The van der Waals surface area contributed by atoms with Gasteiger partial charge in [0.15, 0.2) is 11.5 Å². The van der Waals surface area contributed by atoms with Gasteiger partial charge in [-0.05, 0) is 73.6 Å². The number of anilines is 3. The van der Waals surface area contributed by atoms with Crippen molar-refractivity contribution in [3.63, 3.8) is 0 Å². The van der Waals surface area contributed by atoms with Gasteiger partial charge in [0, 0.05) is 6.20 Å². The monoisotopic (exact) mass is 372 g/mol. The Hall–Kier alpha value is -2.81. The van der Waals surface area contributed by atoms with E-state index in [2.05, 4.69) is 81.8 Å². The van der Waals surface area contributed by atoms with Gasteiger partial charge in [0.2, 0.25) is 0 Å². The van der Waals surface area contributed by atoms with Crippen LogP contribution >= 0.6 is 0 Å². The van der Waals surface area contributed by atoms with E-state index in [0.717, 1.165) is 28.6 Å². The fourth-order valence-electron chi connectivity index (χ4n) is 3.95. The Labute approximate surface area is 168 Å². The molecule has 3 nitrogen and oxygen atoms in total. The van der Waals surface area contributed by atoms with Crippen LogP contribution in [0.5, 0.6) is 11.5 Å². The Morgan fingerprint density at radius 3 is 2.18 bits per heavy atom. The molecule has 3 heteroatoms. The maximum absolute atomic E-state index is 6.27. The van der Waals surface area contributed by atoms with E-state index in [0.29, 0.717) is 0 Å². The molecule has 2 heterocycles. The van der Waals surface area contributed by atoms with E-state index in [9.17, 15) is 0 Å². The van der Waals surface area contributed by atoms with Crippen molar-refractivity contribution in [3.05, 3.63) is 70.5 Å². The number of aromatic nitrogens is 1. The van der Waals surface area contributed by atoms with Gasteiger partial charge >= 0.3 is 0 Å². The van der Waals surface area contributed by atoms with E-state index in [1.54, 1.807) is 0 Å². The van der Waals surface area contributed by atoms with Crippen molar-refractivity contribution in [2.45, 2.75) is 53.9 Å². The molecule has 0 saturated carbocycles. The van der Waals surface area contributed by atoms with Crippen molar-refractivity contribution in [1.82, 2.24) is 4.98 Å². The normalized spacial score (nSPS) is 13.0. The highest BCUT2D eigenvalue weighted by molar-refractivity contribution is 5.89. The molecule has 0 N–H and O–H groups in total. The van der Waals surface area contributed by atoms with Gasteiger partial charge in [-0.15, -0.1) is 0 Å². The molecule has 0 aliphatic carbocycles. The molecule has 28 heavy (non-hydrogen) atoms. The fraction of sp³-hybridized carbons (Fsp3) is 0.320. The van der Waals surface area contributed by atoms with Crippen LogP contribution in [0.2, 0.25) is 0 Å². The molecule has 0 bridgehead atoms. The summed E-state index contributed by atoms with van der Waals surface area (Å²) in [6.45, 7) is 15.3. The summed E-state index contributed by atoms with van der Waals surface area (Å²) in [5.74, 6) is 1.70. The van der Waals surface area contributed by atoms with Crippen LogP contribution in [0.15, 0.2) is 42.6 Å². The maximum Gasteiger partial charge on any atom is 0.172 e. The van der Waals surface area contributed by atoms with Crippen LogP contribution in [0.25, 0.3) is 0 Å². The van der Waals surface area contributed by atoms with Crippen molar-refractivity contribution in [2.24, 2.45) is 0 Å². The Bertz CT molecular complexity index is 1050. The van der Waals surface area contributed by atoms with Crippen molar-refractivity contribution in [3.8, 4) is 11.5 Å². The van der Waals surface area contributed by atoms with Gasteiger partial charge in [-0.3, -0.25) is 4.98 Å². The molecule has 1 aromatic heterocycles. The zero-order valence-electron chi connectivity index (χ0n) is 17.8. The zero-order chi connectivity index (χ0) is 20.2. The molecule has 0 saturated heterocycles. The number of aryl methyl sites for hydroxylation is 4. The highest BCUT2D eigenvalue weighted by Gasteiger charge is 2.30. The highest BCUT2D eigenvalue weighted by Crippen LogP contribution is 2.52. The average molecular weight is 373 g/mol. The molecule has 3 aromatic rings. The largest absolute Gasteiger partial charge is 0.451 e. The standard InChI is InChI=1S/C25H28N2O/c1-15-8-9-22-21(12-15)27(20-10-11-26-18(4)24(20)28-22)23-16(2)13-19(14-17(23)3)25(5,6)7/h8-14H,1-7H3. The molecular weight excluding hydrogens is 344 g/mol. The molecule has 0 amide bonds. The fourth-order valence-corrected chi connectivity index (χ4v) is 3.95. The molecule has 0 fully saturated rings. The molecule has 4 rings (SSSR count). The van der Waals surface area contributed by atoms with Crippen LogP contribution in [0, 0.1) is 27.7 Å². The van der Waals surface area contributed by atoms with E-state index in [1.807, 2.05) is 19.2 Å². The maximum atomic E-state index is 6.27. The third-order valence-electron chi connectivity index (χ3n) is 5.45. The van der Waals surface area contributed by atoms with E-state index in [4.69, 9.17) is 4.74 Å². The van der Waals surface area contributed by atoms with Gasteiger partial charge in [-0.2, -0.15) is 0 Å². The van der Waals surface area contributed by atoms with Crippen molar-refractivity contribution in [2.75, 3.05) is 4.90 Å². The van der Waals surface area contributed by atoms with Crippen LogP contribution < -0.4 is 9.64 Å². The second-order valence-electron chi connectivity index (χ2n) is 8.86. The average Bonchev–Trinajstić information content (AvgIpc) is 2.60. The van der Waals surface area contributed by atoms with Crippen LogP contribution in [0.1, 0.15) is 48.7 Å². The summed E-state index contributed by atoms with van der Waals surface area (Å²) in [5.41, 5.74) is 9.45. The highest BCUT2D eigenvalue weighted by atomic mass is 16.5. The predicted octanol–water partition coefficient (Wildman–Crippen LogP) is 7.19. The summed E-state index contributed by atoms with van der Waals surface area (Å²) in [5, 5.41) is 0. The smallest absolute Gasteiger partial charge is 0.172 e. The second kappa shape index (κ2) is 6.37. The Balaban J connectivity index is 2.01. The lowest BCUT2D eigenvalue weighted by Crippen LogP contribution is -2.20. The third kappa shape index (κ3) is 2.95. The second-order valence-corrected chi connectivity index (χ2v) is 8.86. The summed E-state index contributed by atoms with van der Waals surface area (Å²) in [7, 11) is 0. The SMILES string of the molecule is Cc1ccc2c(c1)N(c1c(C)cc(C(C)(C)C)cc1C)c1ccnc(C)c1O2. The molecule has 0 unspecified atom stereocenters. The van der Waals surface area contributed by atoms with Gasteiger partial charge in [-0.1, -0.05) is 39.0 Å².